The number of ether oxygens (including phenoxy) is 1. The highest BCUT2D eigenvalue weighted by molar-refractivity contribution is 5.89. The van der Waals surface area contributed by atoms with Gasteiger partial charge in [-0.15, -0.1) is 0 Å². The van der Waals surface area contributed by atoms with E-state index in [4.69, 9.17) is 9.84 Å². The van der Waals surface area contributed by atoms with Crippen LogP contribution in [0.1, 0.15) is 31.4 Å². The van der Waals surface area contributed by atoms with Gasteiger partial charge < -0.3 is 30.7 Å². The number of hydrogen-bond donors (Lipinski definition) is 5. The van der Waals surface area contributed by atoms with Crippen LogP contribution in [0.5, 0.6) is 5.75 Å². The Balaban J connectivity index is 1.37. The van der Waals surface area contributed by atoms with Crippen LogP contribution < -0.4 is 25.6 Å². The van der Waals surface area contributed by atoms with Crippen molar-refractivity contribution in [3.05, 3.63) is 23.9 Å². The number of anilines is 4. The first kappa shape index (κ1) is 22.5. The van der Waals surface area contributed by atoms with Gasteiger partial charge in [-0.3, -0.25) is 5.10 Å². The number of hydrogen-bond acceptors (Lipinski definition) is 7. The molecule has 1 fully saturated rings. The summed E-state index contributed by atoms with van der Waals surface area (Å²) in [6.45, 7) is 2.14. The lowest BCUT2D eigenvalue weighted by molar-refractivity contribution is -0.202. The number of halogens is 3. The highest BCUT2D eigenvalue weighted by Gasteiger charge is 2.38. The zero-order valence-corrected chi connectivity index (χ0v) is 18.1. The van der Waals surface area contributed by atoms with Crippen molar-refractivity contribution in [2.45, 2.75) is 57.0 Å². The van der Waals surface area contributed by atoms with Gasteiger partial charge in [0.05, 0.1) is 29.8 Å². The Labute approximate surface area is 184 Å². The van der Waals surface area contributed by atoms with Crippen LogP contribution in [0.4, 0.5) is 36.1 Å². The number of aliphatic hydroxyl groups excluding tert-OH is 1. The predicted molar refractivity (Wildman–Crippen MR) is 117 cm³/mol. The second-order valence-corrected chi connectivity index (χ2v) is 8.52. The molecule has 1 aliphatic heterocycles. The van der Waals surface area contributed by atoms with Gasteiger partial charge in [-0.25, -0.2) is 0 Å². The fraction of sp³-hybridized carbons (Fsp3) is 0.571. The summed E-state index contributed by atoms with van der Waals surface area (Å²) < 4.78 is 43.7. The van der Waals surface area contributed by atoms with Crippen molar-refractivity contribution in [1.82, 2.24) is 15.5 Å². The van der Waals surface area contributed by atoms with Gasteiger partial charge in [-0.1, -0.05) is 0 Å². The molecule has 0 bridgehead atoms. The summed E-state index contributed by atoms with van der Waals surface area (Å²) in [5.74, 6) is 1.45. The van der Waals surface area contributed by atoms with E-state index in [2.05, 4.69) is 31.0 Å². The fourth-order valence-electron chi connectivity index (χ4n) is 4.13. The summed E-state index contributed by atoms with van der Waals surface area (Å²) in [5, 5.41) is 25.9. The second-order valence-electron chi connectivity index (χ2n) is 8.52. The fourth-order valence-corrected chi connectivity index (χ4v) is 4.13. The van der Waals surface area contributed by atoms with Crippen LogP contribution in [-0.2, 0) is 0 Å². The van der Waals surface area contributed by atoms with Crippen molar-refractivity contribution < 1.29 is 23.0 Å². The maximum atomic E-state index is 12.5. The van der Waals surface area contributed by atoms with Gasteiger partial charge in [0.2, 0.25) is 0 Å². The molecule has 0 spiro atoms. The summed E-state index contributed by atoms with van der Waals surface area (Å²) in [6.07, 6.45) is -4.10. The number of fused-ring (bicyclic) bond motifs is 1. The molecule has 0 unspecified atom stereocenters. The smallest absolute Gasteiger partial charge is 0.415 e. The first-order valence-electron chi connectivity index (χ1n) is 10.8. The summed E-state index contributed by atoms with van der Waals surface area (Å²) in [7, 11) is 2.00. The van der Waals surface area contributed by atoms with E-state index in [0.29, 0.717) is 25.3 Å². The van der Waals surface area contributed by atoms with Gasteiger partial charge in [-0.2, -0.15) is 18.3 Å². The number of nitrogens with zero attached hydrogens (tertiary/aromatic N) is 2. The van der Waals surface area contributed by atoms with Crippen molar-refractivity contribution in [1.29, 1.82) is 0 Å². The summed E-state index contributed by atoms with van der Waals surface area (Å²) in [4.78, 5) is 2.09. The number of benzene rings is 1. The Morgan fingerprint density at radius 3 is 2.66 bits per heavy atom. The summed E-state index contributed by atoms with van der Waals surface area (Å²) in [5.41, 5.74) is 3.82. The SMILES string of the molecule is Cc1cc(Nc2cc(OC3CCC(NC[C@@H](O)C(F)(F)F)CC3)cc3c2NCN3C)n[nH]1. The van der Waals surface area contributed by atoms with Crippen molar-refractivity contribution >= 4 is 22.9 Å². The average molecular weight is 454 g/mol. The van der Waals surface area contributed by atoms with Crippen LogP contribution in [0.2, 0.25) is 0 Å². The molecular weight excluding hydrogens is 425 g/mol. The Morgan fingerprint density at radius 2 is 2.00 bits per heavy atom. The van der Waals surface area contributed by atoms with Crippen molar-refractivity contribution in [3.8, 4) is 5.75 Å². The van der Waals surface area contributed by atoms with Crippen LogP contribution in [-0.4, -0.2) is 60.0 Å². The normalized spacial score (nSPS) is 21.8. The first-order valence-corrected chi connectivity index (χ1v) is 10.8. The summed E-state index contributed by atoms with van der Waals surface area (Å²) in [6, 6.07) is 5.81. The molecule has 0 saturated heterocycles. The molecule has 5 N–H and O–H groups in total. The topological polar surface area (TPSA) is 97.5 Å². The predicted octanol–water partition coefficient (Wildman–Crippen LogP) is 3.48. The zero-order chi connectivity index (χ0) is 22.9. The molecule has 176 valence electrons. The van der Waals surface area contributed by atoms with Crippen molar-refractivity contribution in [2.24, 2.45) is 0 Å². The van der Waals surface area contributed by atoms with E-state index in [1.54, 1.807) is 0 Å². The lowest BCUT2D eigenvalue weighted by Crippen LogP contribution is -2.44. The van der Waals surface area contributed by atoms with Gasteiger partial charge in [0, 0.05) is 43.5 Å². The lowest BCUT2D eigenvalue weighted by Gasteiger charge is -2.30. The maximum absolute atomic E-state index is 12.5. The number of alkyl halides is 3. The standard InChI is InChI=1S/C21H29F3N6O2/c1-12-7-19(29-28-12)27-16-8-15(9-17-20(16)26-11-30(17)2)32-14-5-3-13(4-6-14)25-10-18(31)21(22,23)24/h7-9,13-14,18,25-26,31H,3-6,10-11H2,1-2H3,(H2,27,28,29)/t13?,14?,18-/m1/s1. The van der Waals surface area contributed by atoms with Crippen LogP contribution in [0.25, 0.3) is 0 Å². The maximum Gasteiger partial charge on any atom is 0.415 e. The third kappa shape index (κ3) is 5.21. The van der Waals surface area contributed by atoms with Gasteiger partial charge in [0.15, 0.2) is 11.9 Å². The number of aliphatic hydroxyl groups is 1. The van der Waals surface area contributed by atoms with Gasteiger partial charge >= 0.3 is 6.18 Å². The highest BCUT2D eigenvalue weighted by Crippen LogP contribution is 2.42. The van der Waals surface area contributed by atoms with E-state index in [1.807, 2.05) is 32.2 Å². The molecule has 8 nitrogen and oxygen atoms in total. The van der Waals surface area contributed by atoms with E-state index in [-0.39, 0.29) is 12.1 Å². The quantitative estimate of drug-likeness (QED) is 0.437. The minimum atomic E-state index is -4.59. The molecule has 1 aliphatic carbocycles. The first-order chi connectivity index (χ1) is 15.2. The van der Waals surface area contributed by atoms with Crippen LogP contribution in [0.15, 0.2) is 18.2 Å². The summed E-state index contributed by atoms with van der Waals surface area (Å²) >= 11 is 0. The molecule has 2 aromatic rings. The van der Waals surface area contributed by atoms with Crippen molar-refractivity contribution in [3.63, 3.8) is 0 Å². The number of aromatic amines is 1. The molecule has 2 aliphatic rings. The van der Waals surface area contributed by atoms with Gasteiger partial charge in [0.25, 0.3) is 0 Å². The van der Waals surface area contributed by atoms with Crippen LogP contribution >= 0.6 is 0 Å². The molecule has 11 heteroatoms. The molecule has 0 amide bonds. The van der Waals surface area contributed by atoms with Crippen LogP contribution in [0, 0.1) is 6.92 Å². The van der Waals surface area contributed by atoms with Crippen molar-refractivity contribution in [2.75, 3.05) is 35.8 Å². The van der Waals surface area contributed by atoms with E-state index < -0.39 is 18.8 Å². The Bertz CT molecular complexity index is 927. The van der Waals surface area contributed by atoms with Gasteiger partial charge in [0.1, 0.15) is 5.75 Å². The van der Waals surface area contributed by atoms with E-state index in [9.17, 15) is 13.2 Å². The van der Waals surface area contributed by atoms with Crippen LogP contribution in [0.3, 0.4) is 0 Å². The Kier molecular flexibility index (Phi) is 6.38. The molecule has 1 saturated carbocycles. The number of H-pyrrole nitrogens is 1. The average Bonchev–Trinajstić information content (AvgIpc) is 3.32. The Morgan fingerprint density at radius 1 is 1.25 bits per heavy atom. The monoisotopic (exact) mass is 454 g/mol. The molecule has 0 radical (unpaired) electrons. The molecule has 32 heavy (non-hydrogen) atoms. The molecule has 1 aromatic carbocycles. The van der Waals surface area contributed by atoms with E-state index >= 15 is 0 Å². The molecule has 1 aromatic heterocycles. The molecular formula is C21H29F3N6O2. The molecule has 1 atom stereocenters. The Hall–Kier alpha value is -2.66. The third-order valence-corrected chi connectivity index (χ3v) is 5.92. The second kappa shape index (κ2) is 9.07. The zero-order valence-electron chi connectivity index (χ0n) is 18.1. The van der Waals surface area contributed by atoms with E-state index in [0.717, 1.165) is 41.3 Å². The number of aryl methyl sites for hydroxylation is 1. The lowest BCUT2D eigenvalue weighted by atomic mass is 9.92. The largest absolute Gasteiger partial charge is 0.490 e. The van der Waals surface area contributed by atoms with Gasteiger partial charge in [-0.05, 0) is 32.6 Å². The number of nitrogens with one attached hydrogen (secondary N) is 4. The highest BCUT2D eigenvalue weighted by atomic mass is 19.4. The number of rotatable bonds is 7. The number of aromatic nitrogens is 2. The van der Waals surface area contributed by atoms with E-state index in [1.165, 1.54) is 0 Å². The minimum absolute atomic E-state index is 0.0150. The minimum Gasteiger partial charge on any atom is -0.490 e. The molecule has 2 heterocycles. The third-order valence-electron chi connectivity index (χ3n) is 5.92. The molecule has 4 rings (SSSR count).